The van der Waals surface area contributed by atoms with Gasteiger partial charge in [-0.05, 0) is 36.7 Å². The maximum Gasteiger partial charge on any atom is 0.0410 e. The summed E-state index contributed by atoms with van der Waals surface area (Å²) in [4.78, 5) is 0. The lowest BCUT2D eigenvalue weighted by molar-refractivity contribution is 0.659. The molecule has 5 heteroatoms. The van der Waals surface area contributed by atoms with E-state index in [9.17, 15) is 0 Å². The number of hydrogen-bond donors (Lipinski definition) is 2. The lowest BCUT2D eigenvalue weighted by Gasteiger charge is -2.12. The van der Waals surface area contributed by atoms with Crippen LogP contribution in [0, 0.1) is 0 Å². The SMILES string of the molecule is Cl.NCC[C@H](N)c1cc(Cl)ccc1Br. The van der Waals surface area contributed by atoms with Crippen LogP contribution in [-0.4, -0.2) is 6.54 Å². The highest BCUT2D eigenvalue weighted by atomic mass is 79.9. The molecule has 1 aromatic rings. The van der Waals surface area contributed by atoms with E-state index in [4.69, 9.17) is 23.1 Å². The number of benzene rings is 1. The van der Waals surface area contributed by atoms with Crippen LogP contribution in [0.4, 0.5) is 0 Å². The Morgan fingerprint density at radius 2 is 2.07 bits per heavy atom. The van der Waals surface area contributed by atoms with Crippen LogP contribution in [0.3, 0.4) is 0 Å². The summed E-state index contributed by atoms with van der Waals surface area (Å²) in [5, 5.41) is 0.700. The molecule has 0 saturated heterocycles. The molecule has 2 nitrogen and oxygen atoms in total. The predicted molar refractivity (Wildman–Crippen MR) is 67.0 cm³/mol. The van der Waals surface area contributed by atoms with Crippen molar-refractivity contribution >= 4 is 39.9 Å². The highest BCUT2D eigenvalue weighted by molar-refractivity contribution is 9.10. The van der Waals surface area contributed by atoms with Gasteiger partial charge in [-0.2, -0.15) is 0 Å². The Kier molecular flexibility index (Phi) is 6.74. The molecule has 0 aliphatic heterocycles. The summed E-state index contributed by atoms with van der Waals surface area (Å²) in [5.41, 5.74) is 12.3. The molecule has 1 atom stereocenters. The average molecular weight is 300 g/mol. The first kappa shape index (κ1) is 14.2. The molecule has 0 unspecified atom stereocenters. The molecule has 0 aliphatic carbocycles. The van der Waals surface area contributed by atoms with Crippen LogP contribution in [0.2, 0.25) is 5.02 Å². The molecule has 0 radical (unpaired) electrons. The molecule has 0 heterocycles. The van der Waals surface area contributed by atoms with Crippen molar-refractivity contribution in [2.24, 2.45) is 11.5 Å². The third kappa shape index (κ3) is 3.75. The fourth-order valence-electron chi connectivity index (χ4n) is 1.13. The second-order valence-corrected chi connectivity index (χ2v) is 4.14. The van der Waals surface area contributed by atoms with Crippen molar-refractivity contribution in [3.8, 4) is 0 Å². The zero-order valence-corrected chi connectivity index (χ0v) is 10.7. The fourth-order valence-corrected chi connectivity index (χ4v) is 1.86. The van der Waals surface area contributed by atoms with Crippen molar-refractivity contribution in [3.63, 3.8) is 0 Å². The summed E-state index contributed by atoms with van der Waals surface area (Å²) in [7, 11) is 0. The van der Waals surface area contributed by atoms with Gasteiger partial charge in [0.1, 0.15) is 0 Å². The number of rotatable bonds is 3. The van der Waals surface area contributed by atoms with Crippen LogP contribution in [-0.2, 0) is 0 Å². The third-order valence-corrected chi connectivity index (χ3v) is 2.79. The molecule has 0 aromatic heterocycles. The first-order valence-corrected chi connectivity index (χ1v) is 5.23. The van der Waals surface area contributed by atoms with Crippen LogP contribution in [0.25, 0.3) is 0 Å². The maximum absolute atomic E-state index is 5.91. The highest BCUT2D eigenvalue weighted by Crippen LogP contribution is 2.26. The topological polar surface area (TPSA) is 52.0 Å². The quantitative estimate of drug-likeness (QED) is 0.902. The monoisotopic (exact) mass is 298 g/mol. The summed E-state index contributed by atoms with van der Waals surface area (Å²) in [6.45, 7) is 0.583. The molecule has 0 aliphatic rings. The molecule has 0 amide bonds. The van der Waals surface area contributed by atoms with E-state index in [0.29, 0.717) is 11.6 Å². The second kappa shape index (κ2) is 6.64. The Morgan fingerprint density at radius 3 is 2.64 bits per heavy atom. The molecule has 1 aromatic carbocycles. The average Bonchev–Trinajstić information content (AvgIpc) is 2.09. The van der Waals surface area contributed by atoms with Crippen molar-refractivity contribution in [1.82, 2.24) is 0 Å². The first-order valence-electron chi connectivity index (χ1n) is 4.05. The Labute approximate surface area is 104 Å². The van der Waals surface area contributed by atoms with Gasteiger partial charge in [0.15, 0.2) is 0 Å². The third-order valence-electron chi connectivity index (χ3n) is 1.84. The zero-order valence-electron chi connectivity index (χ0n) is 7.54. The van der Waals surface area contributed by atoms with E-state index in [0.717, 1.165) is 16.5 Å². The van der Waals surface area contributed by atoms with Gasteiger partial charge in [0, 0.05) is 15.5 Å². The minimum Gasteiger partial charge on any atom is -0.330 e. The van der Waals surface area contributed by atoms with Crippen LogP contribution in [0.5, 0.6) is 0 Å². The van der Waals surface area contributed by atoms with Gasteiger partial charge < -0.3 is 11.5 Å². The van der Waals surface area contributed by atoms with E-state index >= 15 is 0 Å². The summed E-state index contributed by atoms with van der Waals surface area (Å²) in [6.07, 6.45) is 0.763. The van der Waals surface area contributed by atoms with Gasteiger partial charge in [-0.1, -0.05) is 27.5 Å². The van der Waals surface area contributed by atoms with E-state index in [-0.39, 0.29) is 18.4 Å². The van der Waals surface area contributed by atoms with Crippen molar-refractivity contribution in [2.45, 2.75) is 12.5 Å². The summed E-state index contributed by atoms with van der Waals surface area (Å²) in [6, 6.07) is 5.54. The van der Waals surface area contributed by atoms with Gasteiger partial charge in [0.25, 0.3) is 0 Å². The minimum absolute atomic E-state index is 0. The number of nitrogens with two attached hydrogens (primary N) is 2. The Morgan fingerprint density at radius 1 is 1.43 bits per heavy atom. The van der Waals surface area contributed by atoms with Crippen molar-refractivity contribution < 1.29 is 0 Å². The summed E-state index contributed by atoms with van der Waals surface area (Å²) < 4.78 is 0.984. The van der Waals surface area contributed by atoms with E-state index in [2.05, 4.69) is 15.9 Å². The van der Waals surface area contributed by atoms with Crippen LogP contribution >= 0.6 is 39.9 Å². The van der Waals surface area contributed by atoms with Gasteiger partial charge in [0.05, 0.1) is 0 Å². The van der Waals surface area contributed by atoms with Gasteiger partial charge in [0.2, 0.25) is 0 Å². The lowest BCUT2D eigenvalue weighted by atomic mass is 10.1. The molecule has 4 N–H and O–H groups in total. The molecule has 80 valence electrons. The maximum atomic E-state index is 5.91. The van der Waals surface area contributed by atoms with Gasteiger partial charge >= 0.3 is 0 Å². The molecule has 14 heavy (non-hydrogen) atoms. The van der Waals surface area contributed by atoms with E-state index in [1.54, 1.807) is 0 Å². The van der Waals surface area contributed by atoms with Gasteiger partial charge in [-0.3, -0.25) is 0 Å². The zero-order chi connectivity index (χ0) is 9.84. The Bertz CT molecular complexity index is 294. The molecule has 1 rings (SSSR count). The molecule has 0 fully saturated rings. The molecular formula is C9H13BrCl2N2. The van der Waals surface area contributed by atoms with Crippen LogP contribution in [0.15, 0.2) is 22.7 Å². The lowest BCUT2D eigenvalue weighted by Crippen LogP contribution is -2.15. The van der Waals surface area contributed by atoms with Gasteiger partial charge in [-0.25, -0.2) is 0 Å². The standard InChI is InChI=1S/C9H12BrClN2.ClH/c10-8-2-1-6(11)5-7(8)9(13)3-4-12;/h1-2,5,9H,3-4,12-13H2;1H/t9-;/m0./s1. The number of halogens is 3. The fraction of sp³-hybridized carbons (Fsp3) is 0.333. The minimum atomic E-state index is -0.0434. The number of hydrogen-bond acceptors (Lipinski definition) is 2. The normalized spacial score (nSPS) is 12.0. The highest BCUT2D eigenvalue weighted by Gasteiger charge is 2.09. The summed E-state index contributed by atoms with van der Waals surface area (Å²) >= 11 is 9.27. The molecule has 0 spiro atoms. The van der Waals surface area contributed by atoms with E-state index in [1.807, 2.05) is 18.2 Å². The smallest absolute Gasteiger partial charge is 0.0410 e. The molecule has 0 bridgehead atoms. The van der Waals surface area contributed by atoms with Crippen LogP contribution < -0.4 is 11.5 Å². The van der Waals surface area contributed by atoms with Crippen molar-refractivity contribution in [3.05, 3.63) is 33.3 Å². The summed E-state index contributed by atoms with van der Waals surface area (Å²) in [5.74, 6) is 0. The largest absolute Gasteiger partial charge is 0.330 e. The predicted octanol–water partition coefficient (Wildman–Crippen LogP) is 2.87. The first-order chi connectivity index (χ1) is 6.15. The molecule has 0 saturated carbocycles. The van der Waals surface area contributed by atoms with Crippen LogP contribution in [0.1, 0.15) is 18.0 Å². The Hall–Kier alpha value is 0.200. The molecular weight excluding hydrogens is 287 g/mol. The van der Waals surface area contributed by atoms with Gasteiger partial charge in [-0.15, -0.1) is 12.4 Å². The Balaban J connectivity index is 0.00000169. The van der Waals surface area contributed by atoms with E-state index in [1.165, 1.54) is 0 Å². The van der Waals surface area contributed by atoms with Crippen molar-refractivity contribution in [2.75, 3.05) is 6.54 Å². The second-order valence-electron chi connectivity index (χ2n) is 2.85. The van der Waals surface area contributed by atoms with Crippen molar-refractivity contribution in [1.29, 1.82) is 0 Å². The van der Waals surface area contributed by atoms with E-state index < -0.39 is 0 Å².